The Labute approximate surface area is 259 Å². The van der Waals surface area contributed by atoms with Crippen LogP contribution in [0.15, 0.2) is 97.1 Å². The molecule has 44 heavy (non-hydrogen) atoms. The third-order valence-corrected chi connectivity index (χ3v) is 8.57. The molecule has 1 atom stereocenters. The van der Waals surface area contributed by atoms with Crippen LogP contribution in [0.4, 0.5) is 0 Å². The Hall–Kier alpha value is -4.42. The Morgan fingerprint density at radius 2 is 1.43 bits per heavy atom. The molecule has 1 aliphatic carbocycles. The number of carboxylic acids is 2. The maximum Gasteiger partial charge on any atom is 0.335 e. The summed E-state index contributed by atoms with van der Waals surface area (Å²) >= 11 is 0. The summed E-state index contributed by atoms with van der Waals surface area (Å²) < 4.78 is 6.43. The van der Waals surface area contributed by atoms with E-state index in [1.165, 1.54) is 22.3 Å². The molecule has 0 bridgehead atoms. The van der Waals surface area contributed by atoms with E-state index in [0.29, 0.717) is 19.6 Å². The van der Waals surface area contributed by atoms with Crippen LogP contribution in [-0.2, 0) is 43.6 Å². The van der Waals surface area contributed by atoms with Crippen molar-refractivity contribution in [2.45, 2.75) is 70.6 Å². The van der Waals surface area contributed by atoms with Gasteiger partial charge in [0.25, 0.3) is 0 Å². The SMILES string of the molecule is O=C(O)CCCCN(Cc1ccc(C(=O)O)cc1)[C@@H]1CCc2cccc(OCc3ccc(CCc4ccccc4)cc3)c2C1. The maximum atomic E-state index is 11.3. The number of rotatable bonds is 15. The Morgan fingerprint density at radius 3 is 2.14 bits per heavy atom. The third-order valence-electron chi connectivity index (χ3n) is 8.57. The van der Waals surface area contributed by atoms with Gasteiger partial charge in [-0.25, -0.2) is 4.79 Å². The molecule has 4 aromatic rings. The summed E-state index contributed by atoms with van der Waals surface area (Å²) in [6.45, 7) is 1.98. The van der Waals surface area contributed by atoms with Crippen molar-refractivity contribution in [3.63, 3.8) is 0 Å². The number of ether oxygens (including phenoxy) is 1. The number of carbonyl (C=O) groups is 2. The van der Waals surface area contributed by atoms with Crippen molar-refractivity contribution in [1.29, 1.82) is 0 Å². The molecule has 0 aliphatic heterocycles. The molecule has 4 aromatic carbocycles. The van der Waals surface area contributed by atoms with E-state index in [9.17, 15) is 14.7 Å². The number of hydrogen-bond donors (Lipinski definition) is 2. The maximum absolute atomic E-state index is 11.3. The van der Waals surface area contributed by atoms with E-state index in [4.69, 9.17) is 9.84 Å². The largest absolute Gasteiger partial charge is 0.489 e. The summed E-state index contributed by atoms with van der Waals surface area (Å²) in [5.41, 5.74) is 7.71. The fourth-order valence-electron chi connectivity index (χ4n) is 6.05. The topological polar surface area (TPSA) is 87.1 Å². The summed E-state index contributed by atoms with van der Waals surface area (Å²) in [6.07, 6.45) is 6.45. The van der Waals surface area contributed by atoms with E-state index in [-0.39, 0.29) is 18.0 Å². The molecule has 1 aliphatic rings. The number of aliphatic carboxylic acids is 1. The van der Waals surface area contributed by atoms with E-state index in [0.717, 1.165) is 61.9 Å². The van der Waals surface area contributed by atoms with Gasteiger partial charge in [0.2, 0.25) is 0 Å². The fourth-order valence-corrected chi connectivity index (χ4v) is 6.05. The number of carboxylic acid groups (broad SMARTS) is 2. The van der Waals surface area contributed by atoms with Crippen LogP contribution >= 0.6 is 0 Å². The van der Waals surface area contributed by atoms with Crippen molar-refractivity contribution in [3.8, 4) is 5.75 Å². The molecule has 228 valence electrons. The van der Waals surface area contributed by atoms with Gasteiger partial charge >= 0.3 is 11.9 Å². The standard InChI is InChI=1S/C38H41NO5/c40-37(41)11-4-5-24-39(26-30-18-20-33(21-19-30)38(42)43)34-23-22-32-9-6-10-36(35(32)25-34)44-27-31-16-14-29(15-17-31)13-12-28-7-2-1-3-8-28/h1-3,6-10,14-21,34H,4-5,11-13,22-27H2,(H,40,41)(H,42,43)/t34-/m1/s1. The van der Waals surface area contributed by atoms with E-state index in [1.54, 1.807) is 12.1 Å². The number of nitrogens with zero attached hydrogens (tertiary/aromatic N) is 1. The monoisotopic (exact) mass is 591 g/mol. The van der Waals surface area contributed by atoms with Gasteiger partial charge in [0.15, 0.2) is 0 Å². The average Bonchev–Trinajstić information content (AvgIpc) is 3.05. The Bertz CT molecular complexity index is 1520. The zero-order valence-corrected chi connectivity index (χ0v) is 25.2. The Kier molecular flexibility index (Phi) is 10.8. The highest BCUT2D eigenvalue weighted by Crippen LogP contribution is 2.33. The Morgan fingerprint density at radius 1 is 0.750 bits per heavy atom. The van der Waals surface area contributed by atoms with Crippen LogP contribution in [0.1, 0.15) is 69.4 Å². The van der Waals surface area contributed by atoms with Crippen molar-refractivity contribution in [2.75, 3.05) is 6.54 Å². The smallest absolute Gasteiger partial charge is 0.335 e. The van der Waals surface area contributed by atoms with Crippen LogP contribution in [0.25, 0.3) is 0 Å². The van der Waals surface area contributed by atoms with Crippen molar-refractivity contribution < 1.29 is 24.5 Å². The van der Waals surface area contributed by atoms with E-state index in [1.807, 2.05) is 18.2 Å². The number of aryl methyl sites for hydroxylation is 3. The summed E-state index contributed by atoms with van der Waals surface area (Å²) in [4.78, 5) is 24.8. The lowest BCUT2D eigenvalue weighted by Crippen LogP contribution is -2.39. The van der Waals surface area contributed by atoms with Gasteiger partial charge in [-0.05, 0) is 103 Å². The van der Waals surface area contributed by atoms with Crippen LogP contribution in [0.3, 0.4) is 0 Å². The lowest BCUT2D eigenvalue weighted by molar-refractivity contribution is -0.137. The molecule has 0 fully saturated rings. The number of unbranched alkanes of at least 4 members (excludes halogenated alkanes) is 1. The first kappa shape index (κ1) is 31.0. The highest BCUT2D eigenvalue weighted by atomic mass is 16.5. The second-order valence-electron chi connectivity index (χ2n) is 11.7. The molecular formula is C38H41NO5. The van der Waals surface area contributed by atoms with Gasteiger partial charge in [0, 0.05) is 19.0 Å². The van der Waals surface area contributed by atoms with Crippen LogP contribution in [0, 0.1) is 0 Å². The van der Waals surface area contributed by atoms with Crippen molar-refractivity contribution >= 4 is 11.9 Å². The molecule has 0 saturated carbocycles. The third kappa shape index (κ3) is 8.80. The number of hydrogen-bond acceptors (Lipinski definition) is 4. The zero-order valence-electron chi connectivity index (χ0n) is 25.2. The molecule has 0 unspecified atom stereocenters. The molecule has 2 N–H and O–H groups in total. The highest BCUT2D eigenvalue weighted by molar-refractivity contribution is 5.87. The molecule has 0 spiro atoms. The summed E-state index contributed by atoms with van der Waals surface area (Å²) in [7, 11) is 0. The second-order valence-corrected chi connectivity index (χ2v) is 11.7. The van der Waals surface area contributed by atoms with Gasteiger partial charge in [-0.2, -0.15) is 0 Å². The van der Waals surface area contributed by atoms with E-state index in [2.05, 4.69) is 71.6 Å². The van der Waals surface area contributed by atoms with Crippen molar-refractivity contribution in [2.24, 2.45) is 0 Å². The predicted octanol–water partition coefficient (Wildman–Crippen LogP) is 7.36. The van der Waals surface area contributed by atoms with Crippen LogP contribution < -0.4 is 4.74 Å². The van der Waals surface area contributed by atoms with Gasteiger partial charge in [0.05, 0.1) is 5.56 Å². The molecule has 6 heteroatoms. The molecule has 0 radical (unpaired) electrons. The van der Waals surface area contributed by atoms with Crippen molar-refractivity contribution in [1.82, 2.24) is 4.90 Å². The highest BCUT2D eigenvalue weighted by Gasteiger charge is 2.26. The quantitative estimate of drug-likeness (QED) is 0.141. The molecule has 0 saturated heterocycles. The second kappa shape index (κ2) is 15.3. The minimum Gasteiger partial charge on any atom is -0.489 e. The van der Waals surface area contributed by atoms with Gasteiger partial charge in [0.1, 0.15) is 12.4 Å². The first-order valence-corrected chi connectivity index (χ1v) is 15.6. The minimum atomic E-state index is -0.933. The number of benzene rings is 4. The molecule has 0 aromatic heterocycles. The lowest BCUT2D eigenvalue weighted by Gasteiger charge is -2.36. The summed E-state index contributed by atoms with van der Waals surface area (Å²) in [5, 5.41) is 18.4. The molecular weight excluding hydrogens is 550 g/mol. The molecule has 5 rings (SSSR count). The van der Waals surface area contributed by atoms with E-state index < -0.39 is 11.9 Å². The Balaban J connectivity index is 1.23. The van der Waals surface area contributed by atoms with Crippen LogP contribution in [0.2, 0.25) is 0 Å². The first-order chi connectivity index (χ1) is 21.4. The van der Waals surface area contributed by atoms with E-state index >= 15 is 0 Å². The van der Waals surface area contributed by atoms with Crippen LogP contribution in [-0.4, -0.2) is 39.6 Å². The lowest BCUT2D eigenvalue weighted by atomic mass is 9.86. The number of aromatic carboxylic acids is 1. The molecule has 0 amide bonds. The summed E-state index contributed by atoms with van der Waals surface area (Å²) in [5.74, 6) is -0.773. The zero-order chi connectivity index (χ0) is 30.7. The first-order valence-electron chi connectivity index (χ1n) is 15.6. The van der Waals surface area contributed by atoms with Gasteiger partial charge in [-0.15, -0.1) is 0 Å². The fraction of sp³-hybridized carbons (Fsp3) is 0.316. The van der Waals surface area contributed by atoms with Crippen LogP contribution in [0.5, 0.6) is 5.75 Å². The van der Waals surface area contributed by atoms with Gasteiger partial charge in [-0.3, -0.25) is 9.69 Å². The summed E-state index contributed by atoms with van der Waals surface area (Å²) in [6, 6.07) is 33.0. The van der Waals surface area contributed by atoms with Gasteiger partial charge in [-0.1, -0.05) is 78.9 Å². The molecule has 6 nitrogen and oxygen atoms in total. The molecule has 0 heterocycles. The van der Waals surface area contributed by atoms with Crippen molar-refractivity contribution in [3.05, 3.63) is 136 Å². The van der Waals surface area contributed by atoms with Gasteiger partial charge < -0.3 is 14.9 Å². The predicted molar refractivity (Wildman–Crippen MR) is 172 cm³/mol. The normalized spacial score (nSPS) is 14.2. The average molecular weight is 592 g/mol. The number of fused-ring (bicyclic) bond motifs is 1. The minimum absolute atomic E-state index is 0.167.